The van der Waals surface area contributed by atoms with Gasteiger partial charge in [0.05, 0.1) is 17.9 Å². The van der Waals surface area contributed by atoms with Crippen molar-refractivity contribution in [1.29, 1.82) is 0 Å². The number of hydrogen-bond donors (Lipinski definition) is 0. The van der Waals surface area contributed by atoms with Crippen LogP contribution in [0.3, 0.4) is 0 Å². The zero-order chi connectivity index (χ0) is 18.8. The zero-order valence-corrected chi connectivity index (χ0v) is 15.5. The van der Waals surface area contributed by atoms with E-state index in [1.165, 1.54) is 0 Å². The second-order valence-corrected chi connectivity index (χ2v) is 6.32. The number of benzene rings is 2. The van der Waals surface area contributed by atoms with E-state index in [0.29, 0.717) is 28.5 Å². The molecule has 0 aliphatic carbocycles. The Labute approximate surface area is 159 Å². The Hall–Kier alpha value is -2.24. The summed E-state index contributed by atoms with van der Waals surface area (Å²) in [5, 5.41) is 8.26. The minimum Gasteiger partial charge on any atom is -0.494 e. The summed E-state index contributed by atoms with van der Waals surface area (Å²) < 4.78 is 34.7. The van der Waals surface area contributed by atoms with Crippen LogP contribution < -0.4 is 4.74 Å². The number of halogens is 4. The Bertz CT molecular complexity index is 939. The quantitative estimate of drug-likeness (QED) is 0.535. The normalized spacial score (nSPS) is 10.8. The van der Waals surface area contributed by atoms with Crippen LogP contribution in [-0.2, 0) is 0 Å². The van der Waals surface area contributed by atoms with E-state index in [1.54, 1.807) is 38.1 Å². The van der Waals surface area contributed by atoms with Crippen LogP contribution >= 0.6 is 23.2 Å². The van der Waals surface area contributed by atoms with Gasteiger partial charge >= 0.3 is 0 Å². The predicted octanol–water partition coefficient (Wildman–Crippen LogP) is 6.10. The van der Waals surface area contributed by atoms with Gasteiger partial charge in [-0.25, -0.2) is 8.78 Å². The van der Waals surface area contributed by atoms with E-state index in [-0.39, 0.29) is 22.0 Å². The average Bonchev–Trinajstić information content (AvgIpc) is 2.59. The maximum atomic E-state index is 14.7. The molecular formula is C19H14Cl2F2N2O. The highest BCUT2D eigenvalue weighted by Crippen LogP contribution is 2.41. The van der Waals surface area contributed by atoms with Crippen LogP contribution in [0.25, 0.3) is 22.3 Å². The third-order valence-electron chi connectivity index (χ3n) is 3.82. The first-order valence-corrected chi connectivity index (χ1v) is 8.59. The third-order valence-corrected chi connectivity index (χ3v) is 4.33. The van der Waals surface area contributed by atoms with Crippen molar-refractivity contribution in [2.45, 2.75) is 13.8 Å². The molecule has 3 aromatic rings. The molecule has 0 saturated carbocycles. The standard InChI is InChI=1S/C19H14Cl2F2N2O/c1-3-26-13-8-14(22)17(15(23)9-13)18-16(10(2)24-25-19(18)21)11-4-6-12(20)7-5-11/h4-9H,3H2,1-2H3. The van der Waals surface area contributed by atoms with Crippen molar-refractivity contribution in [2.24, 2.45) is 0 Å². The van der Waals surface area contributed by atoms with E-state index in [0.717, 1.165) is 12.1 Å². The molecule has 0 bridgehead atoms. The molecule has 0 aliphatic rings. The maximum Gasteiger partial charge on any atom is 0.160 e. The molecule has 1 aromatic heterocycles. The summed E-state index contributed by atoms with van der Waals surface area (Å²) in [6, 6.07) is 9.07. The smallest absolute Gasteiger partial charge is 0.160 e. The van der Waals surface area contributed by atoms with E-state index in [9.17, 15) is 8.78 Å². The van der Waals surface area contributed by atoms with Crippen LogP contribution in [0, 0.1) is 18.6 Å². The minimum atomic E-state index is -0.794. The molecule has 3 nitrogen and oxygen atoms in total. The van der Waals surface area contributed by atoms with Gasteiger partial charge in [-0.2, -0.15) is 5.10 Å². The molecular weight excluding hydrogens is 381 g/mol. The molecule has 7 heteroatoms. The second-order valence-electron chi connectivity index (χ2n) is 5.53. The topological polar surface area (TPSA) is 35.0 Å². The van der Waals surface area contributed by atoms with Gasteiger partial charge in [-0.05, 0) is 31.5 Å². The first-order valence-electron chi connectivity index (χ1n) is 7.83. The van der Waals surface area contributed by atoms with Gasteiger partial charge in [0, 0.05) is 28.3 Å². The maximum absolute atomic E-state index is 14.7. The largest absolute Gasteiger partial charge is 0.494 e. The van der Waals surface area contributed by atoms with Crippen molar-refractivity contribution in [1.82, 2.24) is 10.2 Å². The van der Waals surface area contributed by atoms with E-state index in [1.807, 2.05) is 0 Å². The summed E-state index contributed by atoms with van der Waals surface area (Å²) >= 11 is 12.1. The molecule has 0 spiro atoms. The highest BCUT2D eigenvalue weighted by molar-refractivity contribution is 6.33. The van der Waals surface area contributed by atoms with Crippen molar-refractivity contribution < 1.29 is 13.5 Å². The average molecular weight is 395 g/mol. The molecule has 134 valence electrons. The first-order chi connectivity index (χ1) is 12.4. The van der Waals surface area contributed by atoms with Crippen LogP contribution in [0.15, 0.2) is 36.4 Å². The highest BCUT2D eigenvalue weighted by Gasteiger charge is 2.23. The van der Waals surface area contributed by atoms with Gasteiger partial charge in [0.25, 0.3) is 0 Å². The van der Waals surface area contributed by atoms with Gasteiger partial charge in [0.1, 0.15) is 17.4 Å². The number of aromatic nitrogens is 2. The van der Waals surface area contributed by atoms with Crippen LogP contribution in [-0.4, -0.2) is 16.8 Å². The van der Waals surface area contributed by atoms with Gasteiger partial charge in [-0.15, -0.1) is 5.10 Å². The fourth-order valence-corrected chi connectivity index (χ4v) is 3.09. The second kappa shape index (κ2) is 7.56. The van der Waals surface area contributed by atoms with Crippen LogP contribution in [0.1, 0.15) is 12.6 Å². The molecule has 0 saturated heterocycles. The number of hydrogen-bond acceptors (Lipinski definition) is 3. The molecule has 0 radical (unpaired) electrons. The number of rotatable bonds is 4. The van der Waals surface area contributed by atoms with Crippen molar-refractivity contribution in [3.8, 4) is 28.0 Å². The molecule has 0 aliphatic heterocycles. The Morgan fingerprint density at radius 2 is 1.54 bits per heavy atom. The first kappa shape index (κ1) is 18.5. The molecule has 0 atom stereocenters. The Kier molecular flexibility index (Phi) is 5.39. The van der Waals surface area contributed by atoms with E-state index in [2.05, 4.69) is 10.2 Å². The minimum absolute atomic E-state index is 0.0949. The lowest BCUT2D eigenvalue weighted by Crippen LogP contribution is -2.02. The highest BCUT2D eigenvalue weighted by atomic mass is 35.5. The lowest BCUT2D eigenvalue weighted by atomic mass is 9.94. The monoisotopic (exact) mass is 394 g/mol. The van der Waals surface area contributed by atoms with Gasteiger partial charge in [-0.1, -0.05) is 35.3 Å². The zero-order valence-electron chi connectivity index (χ0n) is 14.0. The number of nitrogens with zero attached hydrogens (tertiary/aromatic N) is 2. The van der Waals surface area contributed by atoms with Crippen LogP contribution in [0.2, 0.25) is 10.2 Å². The summed E-state index contributed by atoms with van der Waals surface area (Å²) in [6.45, 7) is 3.72. The van der Waals surface area contributed by atoms with Crippen molar-refractivity contribution in [2.75, 3.05) is 6.61 Å². The molecule has 0 unspecified atom stereocenters. The molecule has 0 fully saturated rings. The van der Waals surface area contributed by atoms with Crippen molar-refractivity contribution >= 4 is 23.2 Å². The summed E-state index contributed by atoms with van der Waals surface area (Å²) in [7, 11) is 0. The van der Waals surface area contributed by atoms with Crippen LogP contribution in [0.4, 0.5) is 8.78 Å². The summed E-state index contributed by atoms with van der Waals surface area (Å²) in [5.41, 5.74) is 1.51. The predicted molar refractivity (Wildman–Crippen MR) is 98.7 cm³/mol. The fraction of sp³-hybridized carbons (Fsp3) is 0.158. The van der Waals surface area contributed by atoms with Gasteiger partial charge < -0.3 is 4.74 Å². The third kappa shape index (κ3) is 3.50. The summed E-state index contributed by atoms with van der Waals surface area (Å²) in [4.78, 5) is 0. The molecule has 0 amide bonds. The summed E-state index contributed by atoms with van der Waals surface area (Å²) in [5.74, 6) is -1.48. The lowest BCUT2D eigenvalue weighted by Gasteiger charge is -2.15. The van der Waals surface area contributed by atoms with Crippen molar-refractivity contribution in [3.05, 3.63) is 63.9 Å². The molecule has 26 heavy (non-hydrogen) atoms. The van der Waals surface area contributed by atoms with E-state index in [4.69, 9.17) is 27.9 Å². The lowest BCUT2D eigenvalue weighted by molar-refractivity contribution is 0.336. The molecule has 0 N–H and O–H groups in total. The Balaban J connectivity index is 2.29. The van der Waals surface area contributed by atoms with Gasteiger partial charge in [0.15, 0.2) is 5.15 Å². The number of aryl methyl sites for hydroxylation is 1. The summed E-state index contributed by atoms with van der Waals surface area (Å²) in [6.07, 6.45) is 0. The fourth-order valence-electron chi connectivity index (χ4n) is 2.74. The van der Waals surface area contributed by atoms with E-state index >= 15 is 0 Å². The molecule has 2 aromatic carbocycles. The van der Waals surface area contributed by atoms with Crippen LogP contribution in [0.5, 0.6) is 5.75 Å². The molecule has 3 rings (SSSR count). The van der Waals surface area contributed by atoms with Gasteiger partial charge in [-0.3, -0.25) is 0 Å². The van der Waals surface area contributed by atoms with Crippen molar-refractivity contribution in [3.63, 3.8) is 0 Å². The van der Waals surface area contributed by atoms with Gasteiger partial charge in [0.2, 0.25) is 0 Å². The molecule has 1 heterocycles. The number of ether oxygens (including phenoxy) is 1. The van der Waals surface area contributed by atoms with E-state index < -0.39 is 11.6 Å². The SMILES string of the molecule is CCOc1cc(F)c(-c2c(Cl)nnc(C)c2-c2ccc(Cl)cc2)c(F)c1. The Morgan fingerprint density at radius 1 is 0.923 bits per heavy atom. The Morgan fingerprint density at radius 3 is 2.12 bits per heavy atom.